The summed E-state index contributed by atoms with van der Waals surface area (Å²) in [6.07, 6.45) is 5.24. The van der Waals surface area contributed by atoms with Crippen molar-refractivity contribution in [2.45, 2.75) is 51.6 Å². The predicted octanol–water partition coefficient (Wildman–Crippen LogP) is 1.76. The number of rotatable bonds is 6. The van der Waals surface area contributed by atoms with E-state index in [1.807, 2.05) is 4.90 Å². The molecule has 27 heavy (non-hydrogen) atoms. The van der Waals surface area contributed by atoms with Gasteiger partial charge in [0.05, 0.1) is 25.5 Å². The number of morpholine rings is 1. The van der Waals surface area contributed by atoms with Crippen LogP contribution in [-0.2, 0) is 17.7 Å². The van der Waals surface area contributed by atoms with Crippen LogP contribution >= 0.6 is 0 Å². The summed E-state index contributed by atoms with van der Waals surface area (Å²) in [5.41, 5.74) is 2.16. The summed E-state index contributed by atoms with van der Waals surface area (Å²) in [5, 5.41) is 6.59. The molecule has 8 nitrogen and oxygen atoms in total. The molecular formula is C19H30N6O2. The standard InChI is InChI=1S/C19H30N6O2/c1-2-3-7-20-19(26)25-8-6-16-15(13-25)17(21-14-4-5-14)23-18(22-16)24-9-11-27-12-10-24/h14H,2-13H2,1H3,(H,20,26)(H,21,22,23). The molecule has 0 spiro atoms. The number of nitrogens with one attached hydrogen (secondary N) is 2. The Kier molecular flexibility index (Phi) is 5.61. The van der Waals surface area contributed by atoms with Gasteiger partial charge in [0, 0.05) is 44.2 Å². The highest BCUT2D eigenvalue weighted by atomic mass is 16.5. The smallest absolute Gasteiger partial charge is 0.317 e. The van der Waals surface area contributed by atoms with E-state index in [0.29, 0.717) is 19.1 Å². The molecule has 0 atom stereocenters. The molecule has 3 aliphatic rings. The zero-order valence-electron chi connectivity index (χ0n) is 16.2. The number of fused-ring (bicyclic) bond motifs is 1. The van der Waals surface area contributed by atoms with Gasteiger partial charge in [-0.1, -0.05) is 13.3 Å². The lowest BCUT2D eigenvalue weighted by atomic mass is 10.1. The van der Waals surface area contributed by atoms with Crippen molar-refractivity contribution >= 4 is 17.8 Å². The first-order valence-corrected chi connectivity index (χ1v) is 10.3. The molecule has 2 N–H and O–H groups in total. The van der Waals surface area contributed by atoms with E-state index in [-0.39, 0.29) is 6.03 Å². The monoisotopic (exact) mass is 374 g/mol. The maximum absolute atomic E-state index is 12.5. The number of amides is 2. The number of aromatic nitrogens is 2. The normalized spacial score (nSPS) is 19.6. The van der Waals surface area contributed by atoms with Crippen LogP contribution in [0.5, 0.6) is 0 Å². The second kappa shape index (κ2) is 8.29. The van der Waals surface area contributed by atoms with Crippen molar-refractivity contribution < 1.29 is 9.53 Å². The molecular weight excluding hydrogens is 344 g/mol. The number of carbonyl (C=O) groups is 1. The molecule has 8 heteroatoms. The van der Waals surface area contributed by atoms with Gasteiger partial charge < -0.3 is 25.2 Å². The lowest BCUT2D eigenvalue weighted by Crippen LogP contribution is -2.44. The van der Waals surface area contributed by atoms with Gasteiger partial charge in [0.15, 0.2) is 0 Å². The van der Waals surface area contributed by atoms with Crippen LogP contribution in [0.1, 0.15) is 43.9 Å². The van der Waals surface area contributed by atoms with Gasteiger partial charge in [-0.2, -0.15) is 4.98 Å². The number of urea groups is 1. The van der Waals surface area contributed by atoms with Gasteiger partial charge in [-0.25, -0.2) is 9.78 Å². The van der Waals surface area contributed by atoms with Crippen LogP contribution in [0.4, 0.5) is 16.6 Å². The second-order valence-electron chi connectivity index (χ2n) is 7.57. The Labute approximate surface area is 160 Å². The minimum atomic E-state index is 0.0173. The van der Waals surface area contributed by atoms with Crippen LogP contribution in [0.3, 0.4) is 0 Å². The minimum absolute atomic E-state index is 0.0173. The van der Waals surface area contributed by atoms with E-state index in [0.717, 1.165) is 75.1 Å². The van der Waals surface area contributed by atoms with Crippen molar-refractivity contribution in [3.63, 3.8) is 0 Å². The molecule has 148 valence electrons. The number of hydrogen-bond acceptors (Lipinski definition) is 6. The molecule has 4 rings (SSSR count). The van der Waals surface area contributed by atoms with Gasteiger partial charge in [-0.3, -0.25) is 0 Å². The first-order valence-electron chi connectivity index (χ1n) is 10.3. The number of anilines is 2. The highest BCUT2D eigenvalue weighted by Crippen LogP contribution is 2.31. The van der Waals surface area contributed by atoms with Crippen LogP contribution < -0.4 is 15.5 Å². The third kappa shape index (κ3) is 4.43. The minimum Gasteiger partial charge on any atom is -0.378 e. The van der Waals surface area contributed by atoms with Crippen LogP contribution in [-0.4, -0.2) is 66.3 Å². The summed E-state index contributed by atoms with van der Waals surface area (Å²) >= 11 is 0. The molecule has 2 aliphatic heterocycles. The van der Waals surface area contributed by atoms with E-state index >= 15 is 0 Å². The van der Waals surface area contributed by atoms with Gasteiger partial charge in [0.25, 0.3) is 0 Å². The van der Waals surface area contributed by atoms with E-state index in [1.165, 1.54) is 12.8 Å². The topological polar surface area (TPSA) is 82.6 Å². The number of unbranched alkanes of at least 4 members (excludes halogenated alkanes) is 1. The maximum atomic E-state index is 12.5. The fourth-order valence-corrected chi connectivity index (χ4v) is 3.50. The van der Waals surface area contributed by atoms with Crippen molar-refractivity contribution in [2.24, 2.45) is 0 Å². The van der Waals surface area contributed by atoms with Crippen LogP contribution in [0.15, 0.2) is 0 Å². The molecule has 0 radical (unpaired) electrons. The molecule has 1 saturated carbocycles. The summed E-state index contributed by atoms with van der Waals surface area (Å²) in [6.45, 7) is 7.23. The van der Waals surface area contributed by atoms with Crippen molar-refractivity contribution in [1.29, 1.82) is 0 Å². The Hall–Kier alpha value is -2.09. The van der Waals surface area contributed by atoms with Crippen molar-refractivity contribution in [3.05, 3.63) is 11.3 Å². The van der Waals surface area contributed by atoms with E-state index in [1.54, 1.807) is 0 Å². The van der Waals surface area contributed by atoms with Crippen LogP contribution in [0.25, 0.3) is 0 Å². The van der Waals surface area contributed by atoms with Crippen molar-refractivity contribution in [1.82, 2.24) is 20.2 Å². The SMILES string of the molecule is CCCCNC(=O)N1CCc2nc(N3CCOCC3)nc(NC3CC3)c2C1. The average Bonchev–Trinajstić information content (AvgIpc) is 3.52. The van der Waals surface area contributed by atoms with Crippen molar-refractivity contribution in [3.8, 4) is 0 Å². The van der Waals surface area contributed by atoms with E-state index in [9.17, 15) is 4.79 Å². The molecule has 1 saturated heterocycles. The van der Waals surface area contributed by atoms with Gasteiger partial charge in [0.2, 0.25) is 5.95 Å². The Balaban J connectivity index is 1.53. The van der Waals surface area contributed by atoms with E-state index in [2.05, 4.69) is 22.5 Å². The van der Waals surface area contributed by atoms with Gasteiger partial charge in [-0.05, 0) is 19.3 Å². The predicted molar refractivity (Wildman–Crippen MR) is 104 cm³/mol. The molecule has 2 amide bonds. The molecule has 0 unspecified atom stereocenters. The Morgan fingerprint density at radius 2 is 2.04 bits per heavy atom. The summed E-state index contributed by atoms with van der Waals surface area (Å²) in [7, 11) is 0. The zero-order valence-corrected chi connectivity index (χ0v) is 16.2. The maximum Gasteiger partial charge on any atom is 0.317 e. The van der Waals surface area contributed by atoms with E-state index < -0.39 is 0 Å². The number of hydrogen-bond donors (Lipinski definition) is 2. The largest absolute Gasteiger partial charge is 0.378 e. The Bertz CT molecular complexity index is 672. The van der Waals surface area contributed by atoms with E-state index in [4.69, 9.17) is 14.7 Å². The Morgan fingerprint density at radius 3 is 2.78 bits per heavy atom. The summed E-state index contributed by atoms with van der Waals surface area (Å²) in [6, 6.07) is 0.527. The second-order valence-corrected chi connectivity index (χ2v) is 7.57. The first-order chi connectivity index (χ1) is 13.2. The molecule has 1 aliphatic carbocycles. The fraction of sp³-hybridized carbons (Fsp3) is 0.737. The third-order valence-electron chi connectivity index (χ3n) is 5.35. The lowest BCUT2D eigenvalue weighted by Gasteiger charge is -2.32. The molecule has 0 bridgehead atoms. The molecule has 1 aromatic rings. The van der Waals surface area contributed by atoms with Crippen LogP contribution in [0.2, 0.25) is 0 Å². The van der Waals surface area contributed by atoms with Crippen molar-refractivity contribution in [2.75, 3.05) is 49.6 Å². The lowest BCUT2D eigenvalue weighted by molar-refractivity contribution is 0.122. The third-order valence-corrected chi connectivity index (χ3v) is 5.35. The Morgan fingerprint density at radius 1 is 1.22 bits per heavy atom. The van der Waals surface area contributed by atoms with Gasteiger partial charge in [-0.15, -0.1) is 0 Å². The summed E-state index contributed by atoms with van der Waals surface area (Å²) in [5.74, 6) is 1.70. The quantitative estimate of drug-likeness (QED) is 0.739. The zero-order chi connectivity index (χ0) is 18.6. The van der Waals surface area contributed by atoms with Gasteiger partial charge in [0.1, 0.15) is 5.82 Å². The number of nitrogens with zero attached hydrogens (tertiary/aromatic N) is 4. The number of carbonyl (C=O) groups excluding carboxylic acids is 1. The average molecular weight is 374 g/mol. The molecule has 1 aromatic heterocycles. The first kappa shape index (κ1) is 18.3. The molecule has 2 fully saturated rings. The summed E-state index contributed by atoms with van der Waals surface area (Å²) in [4.78, 5) is 26.3. The fourth-order valence-electron chi connectivity index (χ4n) is 3.50. The molecule has 0 aromatic carbocycles. The van der Waals surface area contributed by atoms with Gasteiger partial charge >= 0.3 is 6.03 Å². The highest BCUT2D eigenvalue weighted by Gasteiger charge is 2.29. The van der Waals surface area contributed by atoms with Crippen LogP contribution in [0, 0.1) is 0 Å². The summed E-state index contributed by atoms with van der Waals surface area (Å²) < 4.78 is 5.46. The molecule has 3 heterocycles. The highest BCUT2D eigenvalue weighted by molar-refractivity contribution is 5.75. The number of ether oxygens (including phenoxy) is 1.